The second kappa shape index (κ2) is 9.53. The van der Waals surface area contributed by atoms with Crippen LogP contribution in [0.3, 0.4) is 0 Å². The van der Waals surface area contributed by atoms with Crippen molar-refractivity contribution in [3.05, 3.63) is 57.2 Å². The molecule has 2 atom stereocenters. The van der Waals surface area contributed by atoms with Gasteiger partial charge in [-0.05, 0) is 46.0 Å². The van der Waals surface area contributed by atoms with Crippen molar-refractivity contribution in [2.45, 2.75) is 32.2 Å². The minimum Gasteiger partial charge on any atom is -0.493 e. The van der Waals surface area contributed by atoms with Crippen LogP contribution in [-0.4, -0.2) is 49.5 Å². The highest BCUT2D eigenvalue weighted by atomic mass is 35.5. The Morgan fingerprint density at radius 2 is 1.88 bits per heavy atom. The fourth-order valence-corrected chi connectivity index (χ4v) is 4.83. The number of hydrogen-bond acceptors (Lipinski definition) is 6. The average molecular weight is 458 g/mol. The third-order valence-electron chi connectivity index (χ3n) is 6.09. The van der Waals surface area contributed by atoms with E-state index < -0.39 is 0 Å². The van der Waals surface area contributed by atoms with Gasteiger partial charge in [0, 0.05) is 35.2 Å². The predicted molar refractivity (Wildman–Crippen MR) is 126 cm³/mol. The van der Waals surface area contributed by atoms with Crippen molar-refractivity contribution in [3.63, 3.8) is 0 Å². The summed E-state index contributed by atoms with van der Waals surface area (Å²) in [5.74, 6) is 1.37. The Bertz CT molecular complexity index is 1170. The lowest BCUT2D eigenvalue weighted by atomic mass is 9.89. The molecule has 0 radical (unpaired) electrons. The summed E-state index contributed by atoms with van der Waals surface area (Å²) in [6.45, 7) is 5.45. The lowest BCUT2D eigenvalue weighted by Gasteiger charge is -2.26. The van der Waals surface area contributed by atoms with Crippen LogP contribution < -0.4 is 14.9 Å². The number of halogens is 1. The maximum absolute atomic E-state index is 13.3. The van der Waals surface area contributed by atoms with Gasteiger partial charge in [-0.25, -0.2) is 0 Å². The van der Waals surface area contributed by atoms with Crippen molar-refractivity contribution in [3.8, 4) is 22.8 Å². The molecule has 32 heavy (non-hydrogen) atoms. The number of benzene rings is 2. The average Bonchev–Trinajstić information content (AvgIpc) is 3.14. The first kappa shape index (κ1) is 22.6. The van der Waals surface area contributed by atoms with Crippen LogP contribution in [0.2, 0.25) is 5.02 Å². The number of hydrogen-bond donors (Lipinski definition) is 1. The second-order valence-corrected chi connectivity index (χ2v) is 8.34. The Kier molecular flexibility index (Phi) is 6.74. The Balaban J connectivity index is 2.07. The molecule has 0 bridgehead atoms. The lowest BCUT2D eigenvalue weighted by Crippen LogP contribution is -2.32. The van der Waals surface area contributed by atoms with Crippen LogP contribution in [0.25, 0.3) is 22.3 Å². The highest BCUT2D eigenvalue weighted by Crippen LogP contribution is 2.45. The molecule has 3 aromatic rings. The molecule has 1 aliphatic rings. The SMILES string of the molecule is CCOc1cc(OCC)c2c(=O)cc(-c3ccccc3Cl)oc2c1[C@H]1CCN(C)[C@@H]1CO. The van der Waals surface area contributed by atoms with E-state index in [4.69, 9.17) is 25.5 Å². The molecule has 1 aliphatic heterocycles. The third-order valence-corrected chi connectivity index (χ3v) is 6.42. The predicted octanol–water partition coefficient (Wildman–Crippen LogP) is 4.69. The van der Waals surface area contributed by atoms with Gasteiger partial charge in [-0.3, -0.25) is 4.79 Å². The Labute approximate surface area is 192 Å². The van der Waals surface area contributed by atoms with Gasteiger partial charge >= 0.3 is 0 Å². The maximum Gasteiger partial charge on any atom is 0.197 e. The van der Waals surface area contributed by atoms with Crippen LogP contribution >= 0.6 is 11.6 Å². The molecule has 4 rings (SSSR count). The Morgan fingerprint density at radius 3 is 2.56 bits per heavy atom. The molecule has 6 nitrogen and oxygen atoms in total. The van der Waals surface area contributed by atoms with Gasteiger partial charge in [-0.15, -0.1) is 0 Å². The van der Waals surface area contributed by atoms with Gasteiger partial charge in [0.05, 0.1) is 24.8 Å². The summed E-state index contributed by atoms with van der Waals surface area (Å²) in [4.78, 5) is 15.5. The van der Waals surface area contributed by atoms with E-state index in [1.165, 1.54) is 6.07 Å². The number of nitrogens with zero attached hydrogens (tertiary/aromatic N) is 1. The van der Waals surface area contributed by atoms with E-state index in [2.05, 4.69) is 4.90 Å². The summed E-state index contributed by atoms with van der Waals surface area (Å²) >= 11 is 6.40. The van der Waals surface area contributed by atoms with Crippen LogP contribution in [0, 0.1) is 0 Å². The number of aliphatic hydroxyl groups is 1. The molecule has 0 unspecified atom stereocenters. The Morgan fingerprint density at radius 1 is 1.16 bits per heavy atom. The van der Waals surface area contributed by atoms with Gasteiger partial charge in [-0.2, -0.15) is 0 Å². The van der Waals surface area contributed by atoms with Crippen molar-refractivity contribution in [1.82, 2.24) is 4.90 Å². The molecule has 170 valence electrons. The van der Waals surface area contributed by atoms with Crippen LogP contribution in [0.15, 0.2) is 45.6 Å². The van der Waals surface area contributed by atoms with Crippen molar-refractivity contribution in [2.24, 2.45) is 0 Å². The van der Waals surface area contributed by atoms with E-state index in [1.807, 2.05) is 39.1 Å². The van der Waals surface area contributed by atoms with Gasteiger partial charge < -0.3 is 23.9 Å². The van der Waals surface area contributed by atoms with Crippen LogP contribution in [0.4, 0.5) is 0 Å². The maximum atomic E-state index is 13.3. The minimum atomic E-state index is -0.208. The quantitative estimate of drug-likeness (QED) is 0.555. The zero-order chi connectivity index (χ0) is 22.8. The number of likely N-dealkylation sites (N-methyl/N-ethyl adjacent to an activating group) is 1. The zero-order valence-electron chi connectivity index (χ0n) is 18.6. The number of fused-ring (bicyclic) bond motifs is 1. The first-order valence-electron chi connectivity index (χ1n) is 11.0. The fourth-order valence-electron chi connectivity index (χ4n) is 4.60. The smallest absolute Gasteiger partial charge is 0.197 e. The van der Waals surface area contributed by atoms with E-state index in [0.29, 0.717) is 52.0 Å². The highest BCUT2D eigenvalue weighted by Gasteiger charge is 2.37. The van der Waals surface area contributed by atoms with Crippen LogP contribution in [0.5, 0.6) is 11.5 Å². The third kappa shape index (κ3) is 3.98. The molecular formula is C25H28ClNO5. The van der Waals surface area contributed by atoms with Crippen molar-refractivity contribution < 1.29 is 19.0 Å². The zero-order valence-corrected chi connectivity index (χ0v) is 19.3. The van der Waals surface area contributed by atoms with E-state index >= 15 is 0 Å². The second-order valence-electron chi connectivity index (χ2n) is 7.94. The molecule has 2 heterocycles. The monoisotopic (exact) mass is 457 g/mol. The molecule has 0 aliphatic carbocycles. The van der Waals surface area contributed by atoms with Gasteiger partial charge in [0.1, 0.15) is 28.2 Å². The molecular weight excluding hydrogens is 430 g/mol. The number of likely N-dealkylation sites (tertiary alicyclic amines) is 1. The lowest BCUT2D eigenvalue weighted by molar-refractivity contribution is 0.171. The normalized spacial score (nSPS) is 18.9. The summed E-state index contributed by atoms with van der Waals surface area (Å²) in [5, 5.41) is 11.0. The topological polar surface area (TPSA) is 72.1 Å². The molecule has 0 spiro atoms. The van der Waals surface area contributed by atoms with Crippen LogP contribution in [-0.2, 0) is 0 Å². The summed E-state index contributed by atoms with van der Waals surface area (Å²) in [5.41, 5.74) is 1.65. The van der Waals surface area contributed by atoms with Gasteiger partial charge in [0.15, 0.2) is 5.43 Å². The first-order valence-corrected chi connectivity index (χ1v) is 11.3. The Hall–Kier alpha value is -2.54. The molecule has 1 aromatic heterocycles. The molecule has 1 saturated heterocycles. The van der Waals surface area contributed by atoms with Crippen molar-refractivity contribution in [2.75, 3.05) is 33.4 Å². The summed E-state index contributed by atoms with van der Waals surface area (Å²) in [6.07, 6.45) is 0.810. The fraction of sp³-hybridized carbons (Fsp3) is 0.400. The van der Waals surface area contributed by atoms with Gasteiger partial charge in [-0.1, -0.05) is 23.7 Å². The molecule has 2 aromatic carbocycles. The number of rotatable bonds is 7. The van der Waals surface area contributed by atoms with E-state index in [0.717, 1.165) is 18.5 Å². The summed E-state index contributed by atoms with van der Waals surface area (Å²) in [6, 6.07) is 10.4. The molecule has 0 saturated carbocycles. The van der Waals surface area contributed by atoms with Crippen LogP contribution in [0.1, 0.15) is 31.7 Å². The number of ether oxygens (including phenoxy) is 2. The van der Waals surface area contributed by atoms with Gasteiger partial charge in [0.2, 0.25) is 0 Å². The standard InChI is InChI=1S/C25H28ClNO5/c1-4-30-21-13-22(31-5-2)24-19(29)12-20(15-8-6-7-9-17(15)26)32-25(24)23(21)16-10-11-27(3)18(16)14-28/h6-9,12-13,16,18,28H,4-5,10-11,14H2,1-3H3/t16-,18+/m0/s1. The molecule has 1 N–H and O–H groups in total. The van der Waals surface area contributed by atoms with Crippen molar-refractivity contribution in [1.29, 1.82) is 0 Å². The van der Waals surface area contributed by atoms with Gasteiger partial charge in [0.25, 0.3) is 0 Å². The van der Waals surface area contributed by atoms with Crippen molar-refractivity contribution >= 4 is 22.6 Å². The minimum absolute atomic E-state index is 0.00409. The van der Waals surface area contributed by atoms with E-state index in [1.54, 1.807) is 12.1 Å². The summed E-state index contributed by atoms with van der Waals surface area (Å²) in [7, 11) is 1.99. The van der Waals surface area contributed by atoms with E-state index in [-0.39, 0.29) is 24.0 Å². The molecule has 7 heteroatoms. The molecule has 1 fully saturated rings. The molecule has 0 amide bonds. The first-order chi connectivity index (χ1) is 15.5. The van der Waals surface area contributed by atoms with E-state index in [9.17, 15) is 9.90 Å². The summed E-state index contributed by atoms with van der Waals surface area (Å²) < 4.78 is 18.2. The highest BCUT2D eigenvalue weighted by molar-refractivity contribution is 6.33. The number of aliphatic hydroxyl groups excluding tert-OH is 1. The largest absolute Gasteiger partial charge is 0.493 e.